The molecule has 5 nitrogen and oxygen atoms in total. The molecule has 0 aliphatic heterocycles. The first-order chi connectivity index (χ1) is 14.4. The molecule has 0 aromatic heterocycles. The van der Waals surface area contributed by atoms with Gasteiger partial charge in [0.05, 0.1) is 4.90 Å². The van der Waals surface area contributed by atoms with Crippen molar-refractivity contribution in [3.8, 4) is 0 Å². The van der Waals surface area contributed by atoms with Gasteiger partial charge in [-0.1, -0.05) is 54.6 Å². The van der Waals surface area contributed by atoms with E-state index in [2.05, 4.69) is 6.58 Å². The molecule has 3 aromatic rings. The van der Waals surface area contributed by atoms with Crippen molar-refractivity contribution in [2.45, 2.75) is 11.4 Å². The van der Waals surface area contributed by atoms with Crippen LogP contribution in [0.3, 0.4) is 0 Å². The molecule has 3 aromatic carbocycles. The van der Waals surface area contributed by atoms with Crippen LogP contribution in [-0.2, 0) is 16.6 Å². The van der Waals surface area contributed by atoms with Gasteiger partial charge in [0.15, 0.2) is 0 Å². The summed E-state index contributed by atoms with van der Waals surface area (Å²) < 4.78 is 27.3. The highest BCUT2D eigenvalue weighted by atomic mass is 32.2. The van der Waals surface area contributed by atoms with E-state index in [1.165, 1.54) is 4.31 Å². The van der Waals surface area contributed by atoms with Crippen molar-refractivity contribution in [3.05, 3.63) is 109 Å². The van der Waals surface area contributed by atoms with Crippen LogP contribution >= 0.6 is 0 Å². The Morgan fingerprint density at radius 2 is 1.47 bits per heavy atom. The van der Waals surface area contributed by atoms with Crippen LogP contribution < -0.4 is 4.90 Å². The average Bonchev–Trinajstić information content (AvgIpc) is 2.79. The first-order valence-corrected chi connectivity index (χ1v) is 11.0. The van der Waals surface area contributed by atoms with Gasteiger partial charge in [-0.3, -0.25) is 4.79 Å². The summed E-state index contributed by atoms with van der Waals surface area (Å²) in [6.45, 7) is 4.05. The zero-order valence-corrected chi connectivity index (χ0v) is 17.6. The Labute approximate surface area is 177 Å². The SMILES string of the molecule is C=CCN(Cc1ccc(C(=O)N(C)c2ccccc2)cc1)S(=O)(=O)c1ccccc1. The number of anilines is 1. The fourth-order valence-electron chi connectivity index (χ4n) is 3.05. The number of carbonyl (C=O) groups is 1. The first-order valence-electron chi connectivity index (χ1n) is 9.51. The average molecular weight is 421 g/mol. The lowest BCUT2D eigenvalue weighted by Gasteiger charge is -2.21. The van der Waals surface area contributed by atoms with Gasteiger partial charge >= 0.3 is 0 Å². The Balaban J connectivity index is 1.78. The third-order valence-corrected chi connectivity index (χ3v) is 6.55. The maximum Gasteiger partial charge on any atom is 0.258 e. The van der Waals surface area contributed by atoms with Crippen LogP contribution in [0.2, 0.25) is 0 Å². The van der Waals surface area contributed by atoms with Gasteiger partial charge in [-0.05, 0) is 42.0 Å². The van der Waals surface area contributed by atoms with Crippen molar-refractivity contribution in [1.82, 2.24) is 4.31 Å². The molecular weight excluding hydrogens is 396 g/mol. The van der Waals surface area contributed by atoms with Crippen molar-refractivity contribution in [2.24, 2.45) is 0 Å². The molecule has 1 amide bonds. The monoisotopic (exact) mass is 420 g/mol. The molecule has 0 unspecified atom stereocenters. The minimum atomic E-state index is -3.65. The van der Waals surface area contributed by atoms with Gasteiger partial charge in [0.2, 0.25) is 10.0 Å². The summed E-state index contributed by atoms with van der Waals surface area (Å²) >= 11 is 0. The molecule has 30 heavy (non-hydrogen) atoms. The molecule has 0 spiro atoms. The molecule has 0 fully saturated rings. The third-order valence-electron chi connectivity index (χ3n) is 4.72. The van der Waals surface area contributed by atoms with Crippen molar-refractivity contribution in [2.75, 3.05) is 18.5 Å². The van der Waals surface area contributed by atoms with Gasteiger partial charge in [0.25, 0.3) is 5.91 Å². The predicted octanol–water partition coefficient (Wildman–Crippen LogP) is 4.34. The second kappa shape index (κ2) is 9.52. The summed E-state index contributed by atoms with van der Waals surface area (Å²) in [6, 6.07) is 24.7. The summed E-state index contributed by atoms with van der Waals surface area (Å²) in [5, 5.41) is 0. The molecule has 0 heterocycles. The lowest BCUT2D eigenvalue weighted by atomic mass is 10.1. The summed E-state index contributed by atoms with van der Waals surface area (Å²) in [6.07, 6.45) is 1.56. The zero-order chi connectivity index (χ0) is 21.6. The number of nitrogens with zero attached hydrogens (tertiary/aromatic N) is 2. The number of carbonyl (C=O) groups excluding carboxylic acids is 1. The minimum absolute atomic E-state index is 0.132. The Morgan fingerprint density at radius 3 is 2.03 bits per heavy atom. The van der Waals surface area contributed by atoms with Crippen LogP contribution in [0, 0.1) is 0 Å². The van der Waals surface area contributed by atoms with E-state index < -0.39 is 10.0 Å². The maximum atomic E-state index is 13.0. The van der Waals surface area contributed by atoms with Crippen LogP contribution in [0.1, 0.15) is 15.9 Å². The quantitative estimate of drug-likeness (QED) is 0.510. The minimum Gasteiger partial charge on any atom is -0.311 e. The largest absolute Gasteiger partial charge is 0.311 e. The highest BCUT2D eigenvalue weighted by Gasteiger charge is 2.23. The highest BCUT2D eigenvalue weighted by Crippen LogP contribution is 2.20. The van der Waals surface area contributed by atoms with E-state index in [4.69, 9.17) is 0 Å². The van der Waals surface area contributed by atoms with E-state index in [1.54, 1.807) is 72.6 Å². The van der Waals surface area contributed by atoms with Crippen molar-refractivity contribution >= 4 is 21.6 Å². The lowest BCUT2D eigenvalue weighted by molar-refractivity contribution is 0.0993. The number of hydrogen-bond donors (Lipinski definition) is 0. The fourth-order valence-corrected chi connectivity index (χ4v) is 4.47. The normalized spacial score (nSPS) is 11.3. The smallest absolute Gasteiger partial charge is 0.258 e. The number of benzene rings is 3. The Kier molecular flexibility index (Phi) is 6.82. The highest BCUT2D eigenvalue weighted by molar-refractivity contribution is 7.89. The summed E-state index contributed by atoms with van der Waals surface area (Å²) in [4.78, 5) is 14.6. The van der Waals surface area contributed by atoms with Gasteiger partial charge in [-0.15, -0.1) is 6.58 Å². The van der Waals surface area contributed by atoms with Crippen molar-refractivity contribution in [3.63, 3.8) is 0 Å². The molecule has 154 valence electrons. The van der Waals surface area contributed by atoms with E-state index >= 15 is 0 Å². The topological polar surface area (TPSA) is 57.7 Å². The molecule has 0 aliphatic carbocycles. The van der Waals surface area contributed by atoms with Crippen molar-refractivity contribution < 1.29 is 13.2 Å². The third kappa shape index (κ3) is 4.84. The second-order valence-corrected chi connectivity index (χ2v) is 8.73. The maximum absolute atomic E-state index is 13.0. The number of rotatable bonds is 8. The molecule has 0 radical (unpaired) electrons. The Bertz CT molecular complexity index is 1100. The van der Waals surface area contributed by atoms with Gasteiger partial charge in [-0.25, -0.2) is 8.42 Å². The van der Waals surface area contributed by atoms with Gasteiger partial charge in [-0.2, -0.15) is 4.31 Å². The summed E-state index contributed by atoms with van der Waals surface area (Å²) in [7, 11) is -1.92. The number of amides is 1. The summed E-state index contributed by atoms with van der Waals surface area (Å²) in [5.41, 5.74) is 2.12. The van der Waals surface area contributed by atoms with Crippen LogP contribution in [0.25, 0.3) is 0 Å². The first kappa shape index (κ1) is 21.5. The number of para-hydroxylation sites is 1. The van der Waals surface area contributed by atoms with E-state index in [0.717, 1.165) is 11.3 Å². The standard InChI is InChI=1S/C24H24N2O3S/c1-3-18-26(30(28,29)23-12-8-5-9-13-23)19-20-14-16-21(17-15-20)24(27)25(2)22-10-6-4-7-11-22/h3-17H,1,18-19H2,2H3. The van der Waals surface area contributed by atoms with Crippen LogP contribution in [0.15, 0.2) is 102 Å². The molecule has 0 N–H and O–H groups in total. The molecule has 0 saturated heterocycles. The fraction of sp³-hybridized carbons (Fsp3) is 0.125. The molecule has 0 aliphatic rings. The van der Waals surface area contributed by atoms with E-state index in [9.17, 15) is 13.2 Å². The van der Waals surface area contributed by atoms with E-state index in [1.807, 2.05) is 30.3 Å². The molecule has 6 heteroatoms. The summed E-state index contributed by atoms with van der Waals surface area (Å²) in [5.74, 6) is -0.132. The van der Waals surface area contributed by atoms with Crippen LogP contribution in [0.4, 0.5) is 5.69 Å². The van der Waals surface area contributed by atoms with E-state index in [-0.39, 0.29) is 23.9 Å². The molecule has 3 rings (SSSR count). The van der Waals surface area contributed by atoms with Gasteiger partial charge < -0.3 is 4.90 Å². The molecule has 0 bridgehead atoms. The zero-order valence-electron chi connectivity index (χ0n) is 16.8. The lowest BCUT2D eigenvalue weighted by Crippen LogP contribution is -2.31. The van der Waals surface area contributed by atoms with Gasteiger partial charge in [0.1, 0.15) is 0 Å². The van der Waals surface area contributed by atoms with Crippen LogP contribution in [-0.4, -0.2) is 32.2 Å². The number of hydrogen-bond acceptors (Lipinski definition) is 3. The predicted molar refractivity (Wildman–Crippen MR) is 120 cm³/mol. The Morgan fingerprint density at radius 1 is 0.900 bits per heavy atom. The molecule has 0 atom stereocenters. The van der Waals surface area contributed by atoms with Gasteiger partial charge in [0, 0.05) is 31.4 Å². The molecular formula is C24H24N2O3S. The number of sulfonamides is 1. The van der Waals surface area contributed by atoms with E-state index in [0.29, 0.717) is 5.56 Å². The second-order valence-electron chi connectivity index (χ2n) is 6.80. The molecule has 0 saturated carbocycles. The van der Waals surface area contributed by atoms with Crippen LogP contribution in [0.5, 0.6) is 0 Å². The van der Waals surface area contributed by atoms with Crippen molar-refractivity contribution in [1.29, 1.82) is 0 Å². The Hall–Kier alpha value is -3.22.